The molecule has 1 amide bonds. The van der Waals surface area contributed by atoms with Gasteiger partial charge in [-0.3, -0.25) is 14.3 Å². The Morgan fingerprint density at radius 2 is 1.74 bits per heavy atom. The van der Waals surface area contributed by atoms with Crippen molar-refractivity contribution in [2.75, 3.05) is 11.9 Å². The number of anilines is 1. The third-order valence-corrected chi connectivity index (χ3v) is 7.00. The molecule has 0 bridgehead atoms. The summed E-state index contributed by atoms with van der Waals surface area (Å²) in [5.74, 6) is -1.04. The third-order valence-electron chi connectivity index (χ3n) is 7.00. The number of carbonyl (C=O) groups is 2. The highest BCUT2D eigenvalue weighted by Gasteiger charge is 2.48. The zero-order valence-corrected chi connectivity index (χ0v) is 22.6. The summed E-state index contributed by atoms with van der Waals surface area (Å²) < 4.78 is 22.1. The molecule has 0 spiro atoms. The van der Waals surface area contributed by atoms with Gasteiger partial charge < -0.3 is 25.4 Å². The van der Waals surface area contributed by atoms with Crippen molar-refractivity contribution in [2.45, 2.75) is 56.8 Å². The maximum Gasteiger partial charge on any atom is 0.221 e. The Balaban J connectivity index is 1.22. The second-order valence-corrected chi connectivity index (χ2v) is 10.0. The molecule has 5 rings (SSSR count). The number of hydrogen-bond donors (Lipinski definition) is 4. The highest BCUT2D eigenvalue weighted by molar-refractivity contribution is 5.88. The van der Waals surface area contributed by atoms with Gasteiger partial charge in [-0.2, -0.15) is 0 Å². The Hall–Kier alpha value is -4.37. The van der Waals surface area contributed by atoms with E-state index >= 15 is 0 Å². The highest BCUT2D eigenvalue weighted by Crippen LogP contribution is 2.32. The summed E-state index contributed by atoms with van der Waals surface area (Å²) in [6.07, 6.45) is -1.81. The number of benzene rings is 2. The number of rotatable bonds is 10. The van der Waals surface area contributed by atoms with Crippen LogP contribution in [-0.2, 0) is 20.9 Å². The smallest absolute Gasteiger partial charge is 0.221 e. The minimum absolute atomic E-state index is 0.0230. The molecule has 220 valence electrons. The molecule has 3 heterocycles. The Kier molecular flexibility index (Phi) is 8.77. The second kappa shape index (κ2) is 12.7. The molecule has 4 N–H and O–H groups in total. The van der Waals surface area contributed by atoms with Crippen LogP contribution in [0.4, 0.5) is 10.1 Å². The number of ether oxygens (including phenoxy) is 1. The molecule has 4 aromatic rings. The average molecular weight is 580 g/mol. The van der Waals surface area contributed by atoms with Crippen LogP contribution in [0.2, 0.25) is 0 Å². The molecule has 2 aromatic carbocycles. The van der Waals surface area contributed by atoms with Crippen LogP contribution in [0.5, 0.6) is 0 Å². The van der Waals surface area contributed by atoms with Gasteiger partial charge in [0.25, 0.3) is 0 Å². The first-order chi connectivity index (χ1) is 20.2. The first-order valence-corrected chi connectivity index (χ1v) is 13.3. The van der Waals surface area contributed by atoms with Crippen molar-refractivity contribution < 1.29 is 34.0 Å². The zero-order valence-electron chi connectivity index (χ0n) is 22.6. The van der Waals surface area contributed by atoms with Crippen molar-refractivity contribution in [1.29, 1.82) is 0 Å². The van der Waals surface area contributed by atoms with Crippen LogP contribution in [-0.4, -0.2) is 88.0 Å². The van der Waals surface area contributed by atoms with Crippen LogP contribution in [0.25, 0.3) is 22.5 Å². The number of Topliss-reactive ketones (excluding diaryl/α,β-unsaturated/α-hetero) is 1. The van der Waals surface area contributed by atoms with Crippen LogP contribution in [0.1, 0.15) is 25.8 Å². The predicted molar refractivity (Wildman–Crippen MR) is 146 cm³/mol. The Bertz CT molecular complexity index is 1540. The summed E-state index contributed by atoms with van der Waals surface area (Å²) in [6, 6.07) is 11.7. The van der Waals surface area contributed by atoms with E-state index in [0.29, 0.717) is 35.6 Å². The summed E-state index contributed by atoms with van der Waals surface area (Å²) in [5.41, 5.74) is 2.84. The molecule has 42 heavy (non-hydrogen) atoms. The first-order valence-electron chi connectivity index (χ1n) is 13.3. The molecule has 0 unspecified atom stereocenters. The van der Waals surface area contributed by atoms with Gasteiger partial charge in [-0.25, -0.2) is 9.07 Å². The van der Waals surface area contributed by atoms with Gasteiger partial charge in [-0.05, 0) is 30.7 Å². The van der Waals surface area contributed by atoms with E-state index in [4.69, 9.17) is 4.74 Å². The summed E-state index contributed by atoms with van der Waals surface area (Å²) in [6.45, 7) is 1.20. The standard InChI is InChI=1S/C28H30FN7O6/c1-16(38)30-20-9-7-17(8-10-20)21-13-35(33-31-21)11-3-6-23(39)28-27(41)25(26(40)24(15-37)42-28)36-14-22(32-34-36)18-4-2-5-19(29)12-18/h2,4-5,7-10,12-14,24-28,37,40-41H,3,6,11,15H2,1H3,(H,30,38)/t24-,25+,26+,27-,28+/m1/s1. The molecular formula is C28H30FN7O6. The van der Waals surface area contributed by atoms with E-state index in [1.165, 1.54) is 36.0 Å². The number of aliphatic hydroxyl groups excluding tert-OH is 3. The molecule has 1 aliphatic heterocycles. The van der Waals surface area contributed by atoms with Crippen molar-refractivity contribution in [3.8, 4) is 22.5 Å². The molecule has 14 heteroatoms. The quantitative estimate of drug-likeness (QED) is 0.215. The van der Waals surface area contributed by atoms with Crippen LogP contribution < -0.4 is 5.32 Å². The lowest BCUT2D eigenvalue weighted by Crippen LogP contribution is -2.58. The van der Waals surface area contributed by atoms with Gasteiger partial charge in [0.05, 0.1) is 19.0 Å². The van der Waals surface area contributed by atoms with Crippen molar-refractivity contribution >= 4 is 17.4 Å². The fourth-order valence-corrected chi connectivity index (χ4v) is 4.91. The number of hydrogen-bond acceptors (Lipinski definition) is 10. The van der Waals surface area contributed by atoms with Gasteiger partial charge in [-0.15, -0.1) is 10.2 Å². The van der Waals surface area contributed by atoms with Crippen molar-refractivity contribution in [3.05, 3.63) is 66.7 Å². The van der Waals surface area contributed by atoms with Crippen LogP contribution in [0.3, 0.4) is 0 Å². The highest BCUT2D eigenvalue weighted by atomic mass is 19.1. The van der Waals surface area contributed by atoms with E-state index in [0.717, 1.165) is 5.56 Å². The minimum atomic E-state index is -1.49. The molecule has 0 saturated carbocycles. The van der Waals surface area contributed by atoms with E-state index < -0.39 is 48.7 Å². The van der Waals surface area contributed by atoms with Gasteiger partial charge >= 0.3 is 0 Å². The lowest BCUT2D eigenvalue weighted by molar-refractivity contribution is -0.205. The monoisotopic (exact) mass is 579 g/mol. The predicted octanol–water partition coefficient (Wildman–Crippen LogP) is 1.37. The summed E-state index contributed by atoms with van der Waals surface area (Å²) in [5, 5.41) is 50.7. The van der Waals surface area contributed by atoms with Crippen LogP contribution in [0.15, 0.2) is 60.9 Å². The maximum absolute atomic E-state index is 13.7. The number of amides is 1. The van der Waals surface area contributed by atoms with Gasteiger partial charge in [0.15, 0.2) is 5.78 Å². The number of aryl methyl sites for hydroxylation is 1. The number of carbonyl (C=O) groups excluding carboxylic acids is 2. The fraction of sp³-hybridized carbons (Fsp3) is 0.357. The lowest BCUT2D eigenvalue weighted by Gasteiger charge is -2.41. The normalized spacial score (nSPS) is 22.2. The topological polar surface area (TPSA) is 178 Å². The maximum atomic E-state index is 13.7. The molecule has 5 atom stereocenters. The first kappa shape index (κ1) is 29.1. The number of nitrogens with zero attached hydrogens (tertiary/aromatic N) is 6. The zero-order chi connectivity index (χ0) is 29.8. The molecule has 13 nitrogen and oxygen atoms in total. The molecule has 0 radical (unpaired) electrons. The number of halogens is 1. The minimum Gasteiger partial charge on any atom is -0.394 e. The molecule has 0 aliphatic carbocycles. The number of ketones is 1. The van der Waals surface area contributed by atoms with E-state index in [1.807, 2.05) is 12.1 Å². The summed E-state index contributed by atoms with van der Waals surface area (Å²) in [4.78, 5) is 24.3. The van der Waals surface area contributed by atoms with Gasteiger partial charge in [0.2, 0.25) is 5.91 Å². The number of aliphatic hydroxyl groups is 3. The molecule has 1 fully saturated rings. The molecular weight excluding hydrogens is 549 g/mol. The van der Waals surface area contributed by atoms with Gasteiger partial charge in [-0.1, -0.05) is 34.7 Å². The number of aromatic nitrogens is 6. The molecule has 1 saturated heterocycles. The van der Waals surface area contributed by atoms with Crippen molar-refractivity contribution in [3.63, 3.8) is 0 Å². The van der Waals surface area contributed by atoms with E-state index in [1.54, 1.807) is 29.1 Å². The molecule has 1 aliphatic rings. The Labute approximate surface area is 239 Å². The Morgan fingerprint density at radius 1 is 1.00 bits per heavy atom. The summed E-state index contributed by atoms with van der Waals surface area (Å²) in [7, 11) is 0. The number of nitrogens with one attached hydrogen (secondary N) is 1. The SMILES string of the molecule is CC(=O)Nc1ccc(-c2cn(CCCC(=O)[C@@H]3O[C@H](CO)[C@H](O)[C@H](n4cc(-c5cccc(F)c5)nn4)[C@H]3O)nn2)cc1. The lowest BCUT2D eigenvalue weighted by atomic mass is 9.89. The Morgan fingerprint density at radius 3 is 2.45 bits per heavy atom. The van der Waals surface area contributed by atoms with E-state index in [2.05, 4.69) is 25.9 Å². The van der Waals surface area contributed by atoms with E-state index in [9.17, 15) is 29.3 Å². The second-order valence-electron chi connectivity index (χ2n) is 10.0. The summed E-state index contributed by atoms with van der Waals surface area (Å²) >= 11 is 0. The van der Waals surface area contributed by atoms with Gasteiger partial charge in [0.1, 0.15) is 47.7 Å². The van der Waals surface area contributed by atoms with Crippen LogP contribution in [0, 0.1) is 5.82 Å². The van der Waals surface area contributed by atoms with Crippen molar-refractivity contribution in [2.24, 2.45) is 0 Å². The largest absolute Gasteiger partial charge is 0.394 e. The van der Waals surface area contributed by atoms with Crippen molar-refractivity contribution in [1.82, 2.24) is 30.0 Å². The van der Waals surface area contributed by atoms with E-state index in [-0.39, 0.29) is 12.3 Å². The third kappa shape index (κ3) is 6.41. The van der Waals surface area contributed by atoms with Crippen LogP contribution >= 0.6 is 0 Å². The van der Waals surface area contributed by atoms with Gasteiger partial charge in [0, 0.05) is 36.7 Å². The average Bonchev–Trinajstić information content (AvgIpc) is 3.64. The molecule has 2 aromatic heterocycles. The fourth-order valence-electron chi connectivity index (χ4n) is 4.91.